The molecule has 2 aromatic carbocycles. The van der Waals surface area contributed by atoms with Crippen molar-refractivity contribution in [2.45, 2.75) is 19.9 Å². The van der Waals surface area contributed by atoms with Gasteiger partial charge in [-0.3, -0.25) is 14.5 Å². The summed E-state index contributed by atoms with van der Waals surface area (Å²) in [6.45, 7) is 3.73. The van der Waals surface area contributed by atoms with Gasteiger partial charge in [-0.15, -0.1) is 10.2 Å². The summed E-state index contributed by atoms with van der Waals surface area (Å²) in [5.74, 6) is 0.328. The van der Waals surface area contributed by atoms with Crippen molar-refractivity contribution in [3.63, 3.8) is 0 Å². The minimum Gasteiger partial charge on any atom is -0.497 e. The molecule has 1 atom stereocenters. The Morgan fingerprint density at radius 1 is 1.07 bits per heavy atom. The van der Waals surface area contributed by atoms with Crippen LogP contribution in [0.5, 0.6) is 5.75 Å². The third-order valence-electron chi connectivity index (χ3n) is 5.18. The number of carbonyl (C=O) groups excluding carboxylic acids is 1. The van der Waals surface area contributed by atoms with Crippen molar-refractivity contribution in [3.8, 4) is 5.75 Å². The second-order valence-electron chi connectivity index (χ2n) is 7.13. The lowest BCUT2D eigenvalue weighted by Gasteiger charge is -2.22. The Bertz CT molecular complexity index is 1360. The summed E-state index contributed by atoms with van der Waals surface area (Å²) < 4.78 is 11.2. The van der Waals surface area contributed by atoms with Gasteiger partial charge in [-0.1, -0.05) is 35.1 Å². The Labute approximate surface area is 175 Å². The lowest BCUT2D eigenvalue weighted by molar-refractivity contribution is 0.0970. The van der Waals surface area contributed by atoms with Gasteiger partial charge < -0.3 is 9.15 Å². The normalized spacial score (nSPS) is 15.6. The van der Waals surface area contributed by atoms with E-state index in [0.29, 0.717) is 27.4 Å². The van der Waals surface area contributed by atoms with Crippen LogP contribution in [0.2, 0.25) is 0 Å². The first-order valence-corrected chi connectivity index (χ1v) is 10.1. The summed E-state index contributed by atoms with van der Waals surface area (Å²) in [5, 5.41) is 9.81. The molecule has 1 amide bonds. The highest BCUT2D eigenvalue weighted by Crippen LogP contribution is 2.42. The number of fused-ring (bicyclic) bond motifs is 2. The van der Waals surface area contributed by atoms with Gasteiger partial charge in [0.25, 0.3) is 5.91 Å². The van der Waals surface area contributed by atoms with E-state index in [0.717, 1.165) is 16.1 Å². The first-order chi connectivity index (χ1) is 14.5. The van der Waals surface area contributed by atoms with Crippen molar-refractivity contribution >= 4 is 33.3 Å². The average Bonchev–Trinajstić information content (AvgIpc) is 3.30. The van der Waals surface area contributed by atoms with Crippen molar-refractivity contribution in [2.75, 3.05) is 12.0 Å². The molecule has 4 aromatic rings. The SMILES string of the molecule is COc1ccc(C2c3c(oc4ccc(C)cc4c3=O)C(=O)N2c2nnc(C)s2)cc1. The fraction of sp³-hybridized carbons (Fsp3) is 0.182. The summed E-state index contributed by atoms with van der Waals surface area (Å²) in [5.41, 5.74) is 2.19. The van der Waals surface area contributed by atoms with Gasteiger partial charge in [-0.25, -0.2) is 0 Å². The molecule has 0 spiro atoms. The second-order valence-corrected chi connectivity index (χ2v) is 8.29. The van der Waals surface area contributed by atoms with E-state index in [-0.39, 0.29) is 11.2 Å². The van der Waals surface area contributed by atoms with E-state index in [1.165, 1.54) is 16.2 Å². The number of hydrogen-bond acceptors (Lipinski definition) is 7. The van der Waals surface area contributed by atoms with Crippen molar-refractivity contribution in [1.82, 2.24) is 10.2 Å². The third kappa shape index (κ3) is 2.72. The summed E-state index contributed by atoms with van der Waals surface area (Å²) in [4.78, 5) is 28.4. The van der Waals surface area contributed by atoms with Crippen LogP contribution >= 0.6 is 11.3 Å². The number of amides is 1. The Hall–Kier alpha value is -3.52. The number of anilines is 1. The van der Waals surface area contributed by atoms with Crippen LogP contribution in [-0.2, 0) is 0 Å². The first-order valence-electron chi connectivity index (χ1n) is 9.33. The van der Waals surface area contributed by atoms with Crippen LogP contribution in [0.4, 0.5) is 5.13 Å². The number of aromatic nitrogens is 2. The fourth-order valence-electron chi connectivity index (χ4n) is 3.77. The van der Waals surface area contributed by atoms with Gasteiger partial charge in [-0.05, 0) is 43.7 Å². The van der Waals surface area contributed by atoms with E-state index in [1.807, 2.05) is 32.0 Å². The number of benzene rings is 2. The highest BCUT2D eigenvalue weighted by atomic mass is 32.1. The summed E-state index contributed by atoms with van der Waals surface area (Å²) >= 11 is 1.29. The summed E-state index contributed by atoms with van der Waals surface area (Å²) in [7, 11) is 1.59. The van der Waals surface area contributed by atoms with E-state index >= 15 is 0 Å². The minimum absolute atomic E-state index is 0.0463. The van der Waals surface area contributed by atoms with Gasteiger partial charge >= 0.3 is 0 Å². The van der Waals surface area contributed by atoms with Crippen LogP contribution in [0.3, 0.4) is 0 Å². The van der Waals surface area contributed by atoms with E-state index in [1.54, 1.807) is 31.4 Å². The largest absolute Gasteiger partial charge is 0.497 e. The summed E-state index contributed by atoms with van der Waals surface area (Å²) in [6.07, 6.45) is 0. The van der Waals surface area contributed by atoms with Gasteiger partial charge in [0.1, 0.15) is 16.3 Å². The smallest absolute Gasteiger partial charge is 0.297 e. The molecule has 0 saturated heterocycles. The monoisotopic (exact) mass is 419 g/mol. The molecule has 150 valence electrons. The number of carbonyl (C=O) groups is 1. The second kappa shape index (κ2) is 6.77. The molecule has 0 N–H and O–H groups in total. The molecule has 3 heterocycles. The first kappa shape index (κ1) is 18.5. The minimum atomic E-state index is -0.660. The lowest BCUT2D eigenvalue weighted by atomic mass is 9.98. The molecule has 1 aliphatic rings. The van der Waals surface area contributed by atoms with Crippen LogP contribution < -0.4 is 15.1 Å². The number of aryl methyl sites for hydroxylation is 2. The number of ether oxygens (including phenoxy) is 1. The van der Waals surface area contributed by atoms with Gasteiger partial charge in [0.2, 0.25) is 10.9 Å². The van der Waals surface area contributed by atoms with Gasteiger partial charge in [-0.2, -0.15) is 0 Å². The Kier molecular flexibility index (Phi) is 4.18. The molecule has 30 heavy (non-hydrogen) atoms. The van der Waals surface area contributed by atoms with Crippen molar-refractivity contribution < 1.29 is 13.9 Å². The molecule has 1 unspecified atom stereocenters. The Balaban J connectivity index is 1.80. The molecule has 1 aliphatic heterocycles. The van der Waals surface area contributed by atoms with Crippen LogP contribution in [0.1, 0.15) is 38.3 Å². The Morgan fingerprint density at radius 2 is 1.83 bits per heavy atom. The molecule has 0 aliphatic carbocycles. The zero-order valence-corrected chi connectivity index (χ0v) is 17.3. The number of methoxy groups -OCH3 is 1. The van der Waals surface area contributed by atoms with Crippen molar-refractivity contribution in [3.05, 3.63) is 80.1 Å². The van der Waals surface area contributed by atoms with Crippen molar-refractivity contribution in [1.29, 1.82) is 0 Å². The third-order valence-corrected chi connectivity index (χ3v) is 6.02. The quantitative estimate of drug-likeness (QED) is 0.499. The molecule has 2 aromatic heterocycles. The lowest BCUT2D eigenvalue weighted by Crippen LogP contribution is -2.29. The number of rotatable bonds is 3. The molecule has 0 bridgehead atoms. The maximum absolute atomic E-state index is 13.5. The molecule has 7 nitrogen and oxygen atoms in total. The molecular formula is C22H17N3O4S. The van der Waals surface area contributed by atoms with Gasteiger partial charge in [0, 0.05) is 0 Å². The maximum atomic E-state index is 13.5. The molecule has 0 radical (unpaired) electrons. The van der Waals surface area contributed by atoms with Gasteiger partial charge in [0.15, 0.2) is 5.43 Å². The predicted octanol–water partition coefficient (Wildman–Crippen LogP) is 4.02. The zero-order chi connectivity index (χ0) is 21.0. The molecular weight excluding hydrogens is 402 g/mol. The van der Waals surface area contributed by atoms with E-state index in [9.17, 15) is 9.59 Å². The summed E-state index contributed by atoms with van der Waals surface area (Å²) in [6, 6.07) is 12.0. The van der Waals surface area contributed by atoms with Crippen LogP contribution in [-0.4, -0.2) is 23.2 Å². The average molecular weight is 419 g/mol. The fourth-order valence-corrected chi connectivity index (χ4v) is 4.48. The van der Waals surface area contributed by atoms with E-state index < -0.39 is 11.9 Å². The number of nitrogens with zero attached hydrogens (tertiary/aromatic N) is 3. The zero-order valence-electron chi connectivity index (χ0n) is 16.5. The Morgan fingerprint density at radius 3 is 2.50 bits per heavy atom. The van der Waals surface area contributed by atoms with Crippen LogP contribution in [0, 0.1) is 13.8 Å². The molecule has 0 fully saturated rings. The predicted molar refractivity (Wildman–Crippen MR) is 114 cm³/mol. The standard InChI is InChI=1S/C22H17N3O4S/c1-11-4-9-16-15(10-11)19(26)17-18(13-5-7-14(28-3)8-6-13)25(21(27)20(17)29-16)22-24-23-12(2)30-22/h4-10,18H,1-3H3. The van der Waals surface area contributed by atoms with E-state index in [2.05, 4.69) is 10.2 Å². The van der Waals surface area contributed by atoms with Crippen molar-refractivity contribution in [2.24, 2.45) is 0 Å². The number of hydrogen-bond donors (Lipinski definition) is 0. The molecule has 0 saturated carbocycles. The molecule has 8 heteroatoms. The highest BCUT2D eigenvalue weighted by Gasteiger charge is 2.45. The topological polar surface area (TPSA) is 85.5 Å². The van der Waals surface area contributed by atoms with Gasteiger partial charge in [0.05, 0.1) is 24.1 Å². The van der Waals surface area contributed by atoms with Crippen LogP contribution in [0.25, 0.3) is 11.0 Å². The maximum Gasteiger partial charge on any atom is 0.297 e. The molecule has 5 rings (SSSR count). The van der Waals surface area contributed by atoms with Crippen LogP contribution in [0.15, 0.2) is 51.7 Å². The van der Waals surface area contributed by atoms with E-state index in [4.69, 9.17) is 9.15 Å². The highest BCUT2D eigenvalue weighted by molar-refractivity contribution is 7.15.